The quantitative estimate of drug-likeness (QED) is 0.477. The Morgan fingerprint density at radius 1 is 1.09 bits per heavy atom. The van der Waals surface area contributed by atoms with Crippen LogP contribution < -0.4 is 5.56 Å². The lowest BCUT2D eigenvalue weighted by atomic mass is 10.1. The molecule has 0 unspecified atom stereocenters. The predicted molar refractivity (Wildman–Crippen MR) is 82.4 cm³/mol. The lowest BCUT2D eigenvalue weighted by Gasteiger charge is -2.05. The van der Waals surface area contributed by atoms with E-state index in [1.807, 2.05) is 24.3 Å². The molecule has 0 amide bonds. The lowest BCUT2D eigenvalue weighted by Crippen LogP contribution is -2.20. The lowest BCUT2D eigenvalue weighted by molar-refractivity contribution is 0.637. The fraction of sp³-hybridized carbons (Fsp3) is 0.0588. The number of hydrogen-bond donors (Lipinski definition) is 1. The van der Waals surface area contributed by atoms with Gasteiger partial charge in [-0.25, -0.2) is 9.37 Å². The molecule has 0 saturated heterocycles. The van der Waals surface area contributed by atoms with Gasteiger partial charge < -0.3 is 4.98 Å². The highest BCUT2D eigenvalue weighted by Gasteiger charge is 2.27. The van der Waals surface area contributed by atoms with E-state index in [2.05, 4.69) is 9.97 Å². The van der Waals surface area contributed by atoms with Gasteiger partial charge >= 0.3 is 0 Å². The van der Waals surface area contributed by atoms with E-state index in [-0.39, 0.29) is 11.4 Å². The van der Waals surface area contributed by atoms with E-state index in [1.165, 1.54) is 6.07 Å². The van der Waals surface area contributed by atoms with Gasteiger partial charge in [0.05, 0.1) is 28.7 Å². The molecule has 0 saturated carbocycles. The molecule has 0 radical (unpaired) electrons. The molecule has 4 nitrogen and oxygen atoms in total. The Labute approximate surface area is 123 Å². The number of aromatic amines is 1. The molecule has 0 fully saturated rings. The van der Waals surface area contributed by atoms with E-state index in [0.717, 1.165) is 16.6 Å². The highest BCUT2D eigenvalue weighted by Crippen LogP contribution is 2.35. The SMILES string of the molecule is O=c1c2ccccc2nc2n1Cc1c-2[nH]c2c(F)cccc12. The number of H-pyrrole nitrogens is 1. The molecule has 0 bridgehead atoms. The zero-order valence-electron chi connectivity index (χ0n) is 11.4. The third-order valence-electron chi connectivity index (χ3n) is 4.29. The van der Waals surface area contributed by atoms with Gasteiger partial charge in [-0.15, -0.1) is 0 Å². The molecule has 5 heteroatoms. The molecular formula is C17H10FN3O. The third-order valence-corrected chi connectivity index (χ3v) is 4.29. The molecule has 106 valence electrons. The van der Waals surface area contributed by atoms with E-state index in [1.54, 1.807) is 16.7 Å². The van der Waals surface area contributed by atoms with Gasteiger partial charge in [-0.05, 0) is 18.2 Å². The summed E-state index contributed by atoms with van der Waals surface area (Å²) < 4.78 is 15.6. The molecule has 0 aliphatic carbocycles. The van der Waals surface area contributed by atoms with E-state index in [9.17, 15) is 9.18 Å². The van der Waals surface area contributed by atoms with Crippen LogP contribution in [0, 0.1) is 5.82 Å². The summed E-state index contributed by atoms with van der Waals surface area (Å²) in [6.45, 7) is 0.421. The molecule has 1 N–H and O–H groups in total. The Hall–Kier alpha value is -2.95. The van der Waals surface area contributed by atoms with E-state index < -0.39 is 0 Å². The van der Waals surface area contributed by atoms with E-state index in [4.69, 9.17) is 0 Å². The van der Waals surface area contributed by atoms with Crippen molar-refractivity contribution in [3.05, 3.63) is 64.2 Å². The van der Waals surface area contributed by atoms with Crippen LogP contribution in [-0.2, 0) is 6.54 Å². The summed E-state index contributed by atoms with van der Waals surface area (Å²) in [5.41, 5.74) is 2.74. The number of nitrogens with one attached hydrogen (secondary N) is 1. The van der Waals surface area contributed by atoms with Crippen LogP contribution >= 0.6 is 0 Å². The predicted octanol–water partition coefficient (Wildman–Crippen LogP) is 3.05. The summed E-state index contributed by atoms with van der Waals surface area (Å²) in [7, 11) is 0. The van der Waals surface area contributed by atoms with Crippen molar-refractivity contribution in [3.8, 4) is 11.5 Å². The fourth-order valence-corrected chi connectivity index (χ4v) is 3.26. The average Bonchev–Trinajstić information content (AvgIpc) is 3.06. The van der Waals surface area contributed by atoms with Crippen molar-refractivity contribution in [3.63, 3.8) is 0 Å². The first-order valence-corrected chi connectivity index (χ1v) is 7.03. The van der Waals surface area contributed by atoms with Crippen molar-refractivity contribution >= 4 is 21.8 Å². The number of nitrogens with zero attached hydrogens (tertiary/aromatic N) is 2. The zero-order valence-corrected chi connectivity index (χ0v) is 11.4. The molecule has 22 heavy (non-hydrogen) atoms. The Kier molecular flexibility index (Phi) is 2.03. The Bertz CT molecular complexity index is 1140. The molecule has 2 aromatic carbocycles. The van der Waals surface area contributed by atoms with E-state index in [0.29, 0.717) is 28.8 Å². The van der Waals surface area contributed by atoms with Crippen LogP contribution in [0.25, 0.3) is 33.3 Å². The molecule has 1 aliphatic rings. The van der Waals surface area contributed by atoms with Crippen LogP contribution in [-0.4, -0.2) is 14.5 Å². The van der Waals surface area contributed by atoms with Crippen LogP contribution in [0.5, 0.6) is 0 Å². The summed E-state index contributed by atoms with van der Waals surface area (Å²) in [6, 6.07) is 12.3. The van der Waals surface area contributed by atoms with E-state index >= 15 is 0 Å². The Balaban J connectivity index is 1.92. The molecule has 0 spiro atoms. The summed E-state index contributed by atoms with van der Waals surface area (Å²) in [5, 5.41) is 1.41. The number of aromatic nitrogens is 3. The van der Waals surface area contributed by atoms with Crippen LogP contribution in [0.4, 0.5) is 4.39 Å². The van der Waals surface area contributed by atoms with Gasteiger partial charge in [0.15, 0.2) is 5.82 Å². The molecular weight excluding hydrogens is 281 g/mol. The largest absolute Gasteiger partial charge is 0.349 e. The Morgan fingerprint density at radius 2 is 1.91 bits per heavy atom. The van der Waals surface area contributed by atoms with Crippen molar-refractivity contribution in [2.45, 2.75) is 6.54 Å². The number of benzene rings is 2. The van der Waals surface area contributed by atoms with Gasteiger partial charge in [0.25, 0.3) is 5.56 Å². The molecule has 5 rings (SSSR count). The topological polar surface area (TPSA) is 50.7 Å². The number of rotatable bonds is 0. The second kappa shape index (κ2) is 3.82. The minimum absolute atomic E-state index is 0.0604. The van der Waals surface area contributed by atoms with Crippen LogP contribution in [0.1, 0.15) is 5.56 Å². The maximum Gasteiger partial charge on any atom is 0.262 e. The first-order valence-electron chi connectivity index (χ1n) is 7.03. The van der Waals surface area contributed by atoms with Crippen molar-refractivity contribution in [2.75, 3.05) is 0 Å². The van der Waals surface area contributed by atoms with Gasteiger partial charge in [-0.3, -0.25) is 9.36 Å². The third kappa shape index (κ3) is 1.30. The normalized spacial score (nSPS) is 12.8. The van der Waals surface area contributed by atoms with Crippen LogP contribution in [0.3, 0.4) is 0 Å². The fourth-order valence-electron chi connectivity index (χ4n) is 3.26. The minimum atomic E-state index is -0.290. The van der Waals surface area contributed by atoms with Gasteiger partial charge in [-0.1, -0.05) is 24.3 Å². The van der Waals surface area contributed by atoms with Crippen molar-refractivity contribution in [2.24, 2.45) is 0 Å². The monoisotopic (exact) mass is 291 g/mol. The van der Waals surface area contributed by atoms with Crippen molar-refractivity contribution in [1.29, 1.82) is 0 Å². The zero-order chi connectivity index (χ0) is 14.8. The molecule has 1 aliphatic heterocycles. The summed E-state index contributed by atoms with van der Waals surface area (Å²) in [6.07, 6.45) is 0. The second-order valence-corrected chi connectivity index (χ2v) is 5.48. The second-order valence-electron chi connectivity index (χ2n) is 5.48. The smallest absolute Gasteiger partial charge is 0.262 e. The van der Waals surface area contributed by atoms with Crippen molar-refractivity contribution in [1.82, 2.24) is 14.5 Å². The number of fused-ring (bicyclic) bond motifs is 6. The molecule has 3 heterocycles. The van der Waals surface area contributed by atoms with Gasteiger partial charge in [-0.2, -0.15) is 0 Å². The van der Waals surface area contributed by atoms with Gasteiger partial charge in [0.1, 0.15) is 5.82 Å². The Morgan fingerprint density at radius 3 is 2.82 bits per heavy atom. The minimum Gasteiger partial charge on any atom is -0.349 e. The number of hydrogen-bond acceptors (Lipinski definition) is 2. The summed E-state index contributed by atoms with van der Waals surface area (Å²) >= 11 is 0. The maximum atomic E-state index is 13.9. The molecule has 4 aromatic rings. The average molecular weight is 291 g/mol. The first kappa shape index (κ1) is 11.7. The highest BCUT2D eigenvalue weighted by atomic mass is 19.1. The highest BCUT2D eigenvalue weighted by molar-refractivity contribution is 5.92. The molecule has 0 atom stereocenters. The molecule has 2 aromatic heterocycles. The summed E-state index contributed by atoms with van der Waals surface area (Å²) in [4.78, 5) is 20.3. The van der Waals surface area contributed by atoms with Gasteiger partial charge in [0, 0.05) is 10.9 Å². The van der Waals surface area contributed by atoms with Crippen LogP contribution in [0.15, 0.2) is 47.3 Å². The standard InChI is InChI=1S/C17H10FN3O/c18-12-6-3-5-9-11-8-21-16(15(11)20-14(9)12)19-13-7-2-1-4-10(13)17(21)22/h1-7,20H,8H2. The van der Waals surface area contributed by atoms with Gasteiger partial charge in [0.2, 0.25) is 0 Å². The van der Waals surface area contributed by atoms with Crippen LogP contribution in [0.2, 0.25) is 0 Å². The first-order chi connectivity index (χ1) is 10.7. The maximum absolute atomic E-state index is 13.9. The van der Waals surface area contributed by atoms with Crippen molar-refractivity contribution < 1.29 is 4.39 Å². The number of para-hydroxylation sites is 2. The summed E-state index contributed by atoms with van der Waals surface area (Å²) in [5.74, 6) is 0.288. The number of halogens is 1.